The molecule has 0 spiro atoms. The second-order valence-corrected chi connectivity index (χ2v) is 13.2. The molecule has 0 unspecified atom stereocenters. The summed E-state index contributed by atoms with van der Waals surface area (Å²) in [7, 11) is 0. The molecule has 0 aliphatic carbocycles. The van der Waals surface area contributed by atoms with Crippen LogP contribution in [-0.4, -0.2) is 62.9 Å². The highest BCUT2D eigenvalue weighted by Gasteiger charge is 2.21. The fraction of sp³-hybridized carbons (Fsp3) is 0.400. The molecule has 57 heavy (non-hydrogen) atoms. The number of benzene rings is 3. The second kappa shape index (κ2) is 26.0. The van der Waals surface area contributed by atoms with Gasteiger partial charge in [-0.2, -0.15) is 0 Å². The average Bonchev–Trinajstić information content (AvgIpc) is 3.22. The Morgan fingerprint density at radius 2 is 1.02 bits per heavy atom. The van der Waals surface area contributed by atoms with Crippen molar-refractivity contribution in [2.75, 3.05) is 33.0 Å². The lowest BCUT2D eigenvalue weighted by Crippen LogP contribution is -2.16. The molecule has 0 N–H and O–H groups in total. The van der Waals surface area contributed by atoms with Crippen LogP contribution in [0.15, 0.2) is 92.0 Å². The lowest BCUT2D eigenvalue weighted by Gasteiger charge is -2.14. The van der Waals surface area contributed by atoms with Crippen LogP contribution in [0.5, 0.6) is 23.0 Å². The third kappa shape index (κ3) is 17.6. The van der Waals surface area contributed by atoms with Gasteiger partial charge < -0.3 is 33.2 Å². The maximum Gasteiger partial charge on any atom is 0.343 e. The van der Waals surface area contributed by atoms with E-state index in [2.05, 4.69) is 13.2 Å². The van der Waals surface area contributed by atoms with Crippen molar-refractivity contribution < 1.29 is 57.1 Å². The molecule has 0 aliphatic heterocycles. The molecule has 12 heteroatoms. The first-order valence-corrected chi connectivity index (χ1v) is 19.4. The number of carbonyl (C=O) groups excluding carboxylic acids is 5. The zero-order valence-corrected chi connectivity index (χ0v) is 33.0. The SMILES string of the molecule is C=CC(=O)OCCCCCCOc1ccc(C(=O)Oc2ccc(OC(=O)c3ccc(OCCCCCCOC(=O)C=C)cc3)c(C(=O)OC[C@@H](C)CCC)c2)cc1. The van der Waals surface area contributed by atoms with Crippen LogP contribution in [0, 0.1) is 5.92 Å². The monoisotopic (exact) mass is 786 g/mol. The molecule has 0 saturated heterocycles. The molecule has 3 aromatic rings. The van der Waals surface area contributed by atoms with Crippen LogP contribution in [0.2, 0.25) is 0 Å². The molecule has 0 radical (unpaired) electrons. The van der Waals surface area contributed by atoms with Crippen LogP contribution in [0.25, 0.3) is 0 Å². The summed E-state index contributed by atoms with van der Waals surface area (Å²) < 4.78 is 38.3. The van der Waals surface area contributed by atoms with E-state index in [0.29, 0.717) is 37.9 Å². The normalized spacial score (nSPS) is 11.1. The van der Waals surface area contributed by atoms with Crippen molar-refractivity contribution in [2.24, 2.45) is 5.92 Å². The minimum atomic E-state index is -0.724. The van der Waals surface area contributed by atoms with E-state index < -0.39 is 29.8 Å². The summed E-state index contributed by atoms with van der Waals surface area (Å²) in [5.74, 6) is -1.63. The third-order valence-corrected chi connectivity index (χ3v) is 8.48. The molecule has 0 fully saturated rings. The predicted octanol–water partition coefficient (Wildman–Crippen LogP) is 9.05. The van der Waals surface area contributed by atoms with Gasteiger partial charge in [0.25, 0.3) is 0 Å². The molecule has 0 bridgehead atoms. The van der Waals surface area contributed by atoms with Crippen molar-refractivity contribution in [3.8, 4) is 23.0 Å². The van der Waals surface area contributed by atoms with Crippen molar-refractivity contribution in [3.05, 3.63) is 109 Å². The average molecular weight is 787 g/mol. The Kier molecular flexibility index (Phi) is 20.8. The van der Waals surface area contributed by atoms with Gasteiger partial charge in [-0.3, -0.25) is 0 Å². The van der Waals surface area contributed by atoms with E-state index in [9.17, 15) is 24.0 Å². The van der Waals surface area contributed by atoms with Crippen molar-refractivity contribution in [3.63, 3.8) is 0 Å². The van der Waals surface area contributed by atoms with Gasteiger partial charge in [-0.05, 0) is 130 Å². The van der Waals surface area contributed by atoms with E-state index in [4.69, 9.17) is 33.2 Å². The molecular formula is C45H54O12. The lowest BCUT2D eigenvalue weighted by molar-refractivity contribution is -0.138. The summed E-state index contributed by atoms with van der Waals surface area (Å²) in [6.45, 7) is 12.6. The Balaban J connectivity index is 1.55. The van der Waals surface area contributed by atoms with E-state index in [1.807, 2.05) is 13.8 Å². The summed E-state index contributed by atoms with van der Waals surface area (Å²) in [6.07, 6.45) is 10.8. The van der Waals surface area contributed by atoms with Gasteiger partial charge in [0.1, 0.15) is 28.6 Å². The van der Waals surface area contributed by atoms with E-state index >= 15 is 0 Å². The zero-order valence-electron chi connectivity index (χ0n) is 33.0. The maximum atomic E-state index is 13.3. The first-order chi connectivity index (χ1) is 27.6. The number of carbonyl (C=O) groups is 5. The highest BCUT2D eigenvalue weighted by molar-refractivity contribution is 5.97. The largest absolute Gasteiger partial charge is 0.494 e. The number of rotatable bonds is 27. The minimum absolute atomic E-state index is 0.0508. The molecule has 0 saturated carbocycles. The molecule has 1 atom stereocenters. The third-order valence-electron chi connectivity index (χ3n) is 8.48. The van der Waals surface area contributed by atoms with Gasteiger partial charge in [0.05, 0.1) is 44.2 Å². The fourth-order valence-electron chi connectivity index (χ4n) is 5.35. The van der Waals surface area contributed by atoms with Crippen LogP contribution < -0.4 is 18.9 Å². The van der Waals surface area contributed by atoms with Gasteiger partial charge in [-0.15, -0.1) is 0 Å². The predicted molar refractivity (Wildman–Crippen MR) is 214 cm³/mol. The minimum Gasteiger partial charge on any atom is -0.494 e. The summed E-state index contributed by atoms with van der Waals surface area (Å²) in [5.41, 5.74) is 0.428. The quantitative estimate of drug-likeness (QED) is 0.0238. The molecule has 3 aromatic carbocycles. The molecule has 3 rings (SSSR count). The van der Waals surface area contributed by atoms with Gasteiger partial charge in [-0.1, -0.05) is 33.4 Å². The molecular weight excluding hydrogens is 732 g/mol. The topological polar surface area (TPSA) is 150 Å². The molecule has 0 aromatic heterocycles. The highest BCUT2D eigenvalue weighted by Crippen LogP contribution is 2.28. The Morgan fingerprint density at radius 1 is 0.561 bits per heavy atom. The molecule has 0 heterocycles. The molecule has 0 amide bonds. The van der Waals surface area contributed by atoms with Crippen LogP contribution in [-0.2, 0) is 23.8 Å². The molecule has 306 valence electrons. The van der Waals surface area contributed by atoms with E-state index in [1.165, 1.54) is 18.2 Å². The van der Waals surface area contributed by atoms with Crippen molar-refractivity contribution in [1.29, 1.82) is 0 Å². The first-order valence-electron chi connectivity index (χ1n) is 19.4. The number of ether oxygens (including phenoxy) is 7. The van der Waals surface area contributed by atoms with Crippen molar-refractivity contribution in [2.45, 2.75) is 78.1 Å². The standard InChI is InChI=1S/C45H54O12/c1-5-16-33(4)32-55-45(50)39-31-38(56-43(48)34-17-21-36(22-18-34)51-27-12-8-10-14-29-53-41(46)6-2)25-26-40(39)57-44(49)35-19-23-37(24-20-35)52-28-13-9-11-15-30-54-42(47)7-3/h6-7,17-26,31,33H,2-3,5,8-16,27-30,32H2,1,4H3/t33-/m0/s1. The second-order valence-electron chi connectivity index (χ2n) is 13.2. The van der Waals surface area contributed by atoms with Crippen LogP contribution in [0.3, 0.4) is 0 Å². The van der Waals surface area contributed by atoms with E-state index in [0.717, 1.165) is 76.4 Å². The van der Waals surface area contributed by atoms with Crippen molar-refractivity contribution >= 4 is 29.8 Å². The van der Waals surface area contributed by atoms with Gasteiger partial charge in [-0.25, -0.2) is 24.0 Å². The zero-order chi connectivity index (χ0) is 41.3. The van der Waals surface area contributed by atoms with E-state index in [1.54, 1.807) is 48.5 Å². The van der Waals surface area contributed by atoms with Gasteiger partial charge in [0.2, 0.25) is 0 Å². The van der Waals surface area contributed by atoms with Crippen LogP contribution >= 0.6 is 0 Å². The highest BCUT2D eigenvalue weighted by atomic mass is 16.6. The maximum absolute atomic E-state index is 13.3. The summed E-state index contributed by atoms with van der Waals surface area (Å²) in [4.78, 5) is 61.7. The van der Waals surface area contributed by atoms with Crippen LogP contribution in [0.4, 0.5) is 0 Å². The number of hydrogen-bond donors (Lipinski definition) is 0. The molecule has 0 aliphatic rings. The summed E-state index contributed by atoms with van der Waals surface area (Å²) in [5, 5.41) is 0. The molecule has 12 nitrogen and oxygen atoms in total. The van der Waals surface area contributed by atoms with Crippen LogP contribution in [0.1, 0.15) is 109 Å². The number of unbranched alkanes of at least 4 members (excludes halogenated alkanes) is 6. The van der Waals surface area contributed by atoms with Gasteiger partial charge in [0.15, 0.2) is 0 Å². The van der Waals surface area contributed by atoms with Crippen molar-refractivity contribution in [1.82, 2.24) is 0 Å². The Bertz CT molecular complexity index is 1750. The summed E-state index contributed by atoms with van der Waals surface area (Å²) in [6, 6.07) is 17.1. The Labute approximate surface area is 335 Å². The first kappa shape index (κ1) is 45.5. The van der Waals surface area contributed by atoms with Gasteiger partial charge >= 0.3 is 29.8 Å². The summed E-state index contributed by atoms with van der Waals surface area (Å²) >= 11 is 0. The fourth-order valence-corrected chi connectivity index (χ4v) is 5.35. The lowest BCUT2D eigenvalue weighted by atomic mass is 10.1. The van der Waals surface area contributed by atoms with Gasteiger partial charge in [0, 0.05) is 12.2 Å². The number of hydrogen-bond acceptors (Lipinski definition) is 12. The number of esters is 5. The Hall–Kier alpha value is -5.91. The Morgan fingerprint density at radius 3 is 1.49 bits per heavy atom. The smallest absolute Gasteiger partial charge is 0.343 e. The van der Waals surface area contributed by atoms with E-state index in [-0.39, 0.29) is 40.7 Å².